The highest BCUT2D eigenvalue weighted by atomic mass is 16.5. The molecule has 1 aromatic rings. The van der Waals surface area contributed by atoms with Gasteiger partial charge in [-0.3, -0.25) is 0 Å². The summed E-state index contributed by atoms with van der Waals surface area (Å²) in [5, 5.41) is 9.36. The molecule has 2 heteroatoms. The summed E-state index contributed by atoms with van der Waals surface area (Å²) < 4.78 is 4.90. The summed E-state index contributed by atoms with van der Waals surface area (Å²) >= 11 is 0. The second-order valence-electron chi connectivity index (χ2n) is 2.43. The van der Waals surface area contributed by atoms with Crippen molar-refractivity contribution in [2.24, 2.45) is 0 Å². The summed E-state index contributed by atoms with van der Waals surface area (Å²) in [6.45, 7) is 1.93. The van der Waals surface area contributed by atoms with Gasteiger partial charge in [0.15, 0.2) is 11.5 Å². The molecular weight excluding hydrogens is 164 g/mol. The minimum atomic E-state index is 0. The van der Waals surface area contributed by atoms with Crippen molar-refractivity contribution in [1.29, 1.82) is 0 Å². The fourth-order valence-electron chi connectivity index (χ4n) is 1.00. The molecule has 1 aromatic carbocycles. The fraction of sp³-hybridized carbons (Fsp3) is 0.273. The van der Waals surface area contributed by atoms with Crippen LogP contribution in [0, 0.1) is 0 Å². The molecule has 0 atom stereocenters. The second-order valence-corrected chi connectivity index (χ2v) is 2.43. The third-order valence-corrected chi connectivity index (χ3v) is 1.56. The van der Waals surface area contributed by atoms with E-state index in [9.17, 15) is 5.11 Å². The van der Waals surface area contributed by atoms with Crippen LogP contribution in [0.1, 0.15) is 19.9 Å². The molecule has 0 saturated carbocycles. The molecule has 0 saturated heterocycles. The van der Waals surface area contributed by atoms with Crippen LogP contribution < -0.4 is 4.74 Å². The number of benzene rings is 1. The van der Waals surface area contributed by atoms with Gasteiger partial charge in [-0.1, -0.05) is 25.6 Å². The lowest BCUT2D eigenvalue weighted by atomic mass is 10.2. The Hall–Kier alpha value is -1.44. The Morgan fingerprint density at radius 1 is 1.38 bits per heavy atom. The minimum Gasteiger partial charge on any atom is -0.504 e. The number of phenolic OH excluding ortho intramolecular Hbond substituents is 1. The van der Waals surface area contributed by atoms with Crippen molar-refractivity contribution >= 4 is 6.08 Å². The van der Waals surface area contributed by atoms with E-state index >= 15 is 0 Å². The van der Waals surface area contributed by atoms with E-state index in [1.165, 1.54) is 7.11 Å². The molecule has 0 heterocycles. The van der Waals surface area contributed by atoms with E-state index in [2.05, 4.69) is 0 Å². The Kier molecular flexibility index (Phi) is 4.67. The van der Waals surface area contributed by atoms with Gasteiger partial charge in [-0.2, -0.15) is 0 Å². The highest BCUT2D eigenvalue weighted by molar-refractivity contribution is 5.55. The molecule has 0 bridgehead atoms. The zero-order chi connectivity index (χ0) is 8.97. The van der Waals surface area contributed by atoms with Crippen LogP contribution in [-0.4, -0.2) is 12.2 Å². The number of hydrogen-bond donors (Lipinski definition) is 1. The topological polar surface area (TPSA) is 29.5 Å². The van der Waals surface area contributed by atoms with Crippen LogP contribution in [0.5, 0.6) is 11.5 Å². The van der Waals surface area contributed by atoms with E-state index in [-0.39, 0.29) is 13.2 Å². The predicted molar refractivity (Wildman–Crippen MR) is 56.1 cm³/mol. The Morgan fingerprint density at radius 3 is 2.54 bits per heavy atom. The quantitative estimate of drug-likeness (QED) is 0.757. The highest BCUT2D eigenvalue weighted by Gasteiger charge is 1.99. The van der Waals surface area contributed by atoms with E-state index < -0.39 is 0 Å². The predicted octanol–water partition coefficient (Wildman–Crippen LogP) is 3.07. The first kappa shape index (κ1) is 11.6. The van der Waals surface area contributed by atoms with Crippen LogP contribution in [0.2, 0.25) is 0 Å². The maximum atomic E-state index is 9.36. The highest BCUT2D eigenvalue weighted by Crippen LogP contribution is 2.26. The van der Waals surface area contributed by atoms with Gasteiger partial charge in [0.1, 0.15) is 0 Å². The monoisotopic (exact) mass is 180 g/mol. The van der Waals surface area contributed by atoms with Crippen molar-refractivity contribution in [2.45, 2.75) is 14.4 Å². The average molecular weight is 180 g/mol. The molecule has 0 radical (unpaired) electrons. The summed E-state index contributed by atoms with van der Waals surface area (Å²) in [6.07, 6.45) is 3.83. The van der Waals surface area contributed by atoms with Crippen LogP contribution in [-0.2, 0) is 0 Å². The first-order chi connectivity index (χ1) is 5.77. The first-order valence-corrected chi connectivity index (χ1v) is 3.77. The largest absolute Gasteiger partial charge is 0.504 e. The standard InChI is InChI=1S/C10H12O2.CH4/c1-3-4-8-5-6-10(12-2)9(11)7-8;/h3-7,11H,1-2H3;1H4/b4-3+;. The number of phenols is 1. The Balaban J connectivity index is 0.00000144. The van der Waals surface area contributed by atoms with Crippen LogP contribution >= 0.6 is 0 Å². The maximum Gasteiger partial charge on any atom is 0.160 e. The van der Waals surface area contributed by atoms with Crippen molar-refractivity contribution in [3.8, 4) is 11.5 Å². The van der Waals surface area contributed by atoms with Crippen LogP contribution in [0.25, 0.3) is 6.08 Å². The van der Waals surface area contributed by atoms with Gasteiger partial charge < -0.3 is 9.84 Å². The summed E-state index contributed by atoms with van der Waals surface area (Å²) in [4.78, 5) is 0. The number of methoxy groups -OCH3 is 1. The molecule has 72 valence electrons. The third kappa shape index (κ3) is 2.82. The van der Waals surface area contributed by atoms with Crippen molar-refractivity contribution in [3.63, 3.8) is 0 Å². The summed E-state index contributed by atoms with van der Waals surface area (Å²) in [5.41, 5.74) is 0.968. The number of rotatable bonds is 2. The van der Waals surface area contributed by atoms with Crippen molar-refractivity contribution in [3.05, 3.63) is 29.8 Å². The van der Waals surface area contributed by atoms with Gasteiger partial charge in [-0.05, 0) is 24.6 Å². The maximum absolute atomic E-state index is 9.36. The Bertz CT molecular complexity index is 290. The zero-order valence-corrected chi connectivity index (χ0v) is 7.24. The number of hydrogen-bond acceptors (Lipinski definition) is 2. The molecule has 0 unspecified atom stereocenters. The van der Waals surface area contributed by atoms with E-state index in [4.69, 9.17) is 4.74 Å². The zero-order valence-electron chi connectivity index (χ0n) is 7.24. The van der Waals surface area contributed by atoms with Gasteiger partial charge in [-0.15, -0.1) is 0 Å². The molecule has 2 nitrogen and oxygen atoms in total. The van der Waals surface area contributed by atoms with Crippen LogP contribution in [0.15, 0.2) is 24.3 Å². The molecule has 1 rings (SSSR count). The lowest BCUT2D eigenvalue weighted by molar-refractivity contribution is 0.373. The van der Waals surface area contributed by atoms with E-state index in [1.807, 2.05) is 25.1 Å². The van der Waals surface area contributed by atoms with E-state index in [0.717, 1.165) is 5.56 Å². The van der Waals surface area contributed by atoms with Crippen molar-refractivity contribution in [1.82, 2.24) is 0 Å². The Morgan fingerprint density at radius 2 is 2.08 bits per heavy atom. The number of aromatic hydroxyl groups is 1. The lowest BCUT2D eigenvalue weighted by Gasteiger charge is -2.02. The summed E-state index contributed by atoms with van der Waals surface area (Å²) in [5.74, 6) is 0.677. The van der Waals surface area contributed by atoms with E-state index in [0.29, 0.717) is 5.75 Å². The van der Waals surface area contributed by atoms with Gasteiger partial charge >= 0.3 is 0 Å². The molecule has 0 spiro atoms. The van der Waals surface area contributed by atoms with Crippen LogP contribution in [0.4, 0.5) is 0 Å². The molecule has 0 aliphatic heterocycles. The smallest absolute Gasteiger partial charge is 0.160 e. The fourth-order valence-corrected chi connectivity index (χ4v) is 1.00. The first-order valence-electron chi connectivity index (χ1n) is 3.77. The van der Waals surface area contributed by atoms with E-state index in [1.54, 1.807) is 12.1 Å². The minimum absolute atomic E-state index is 0. The Labute approximate surface area is 79.5 Å². The van der Waals surface area contributed by atoms with Gasteiger partial charge in [0.05, 0.1) is 7.11 Å². The number of allylic oxidation sites excluding steroid dienone is 1. The van der Waals surface area contributed by atoms with Crippen LogP contribution in [0.3, 0.4) is 0 Å². The second kappa shape index (κ2) is 5.25. The molecule has 0 fully saturated rings. The summed E-state index contributed by atoms with van der Waals surface area (Å²) in [7, 11) is 1.53. The van der Waals surface area contributed by atoms with Gasteiger partial charge in [0, 0.05) is 0 Å². The molecule has 0 aliphatic rings. The van der Waals surface area contributed by atoms with Crippen molar-refractivity contribution < 1.29 is 9.84 Å². The normalized spacial score (nSPS) is 9.69. The molecule has 0 aromatic heterocycles. The molecule has 0 amide bonds. The molecular formula is C11H16O2. The molecule has 13 heavy (non-hydrogen) atoms. The van der Waals surface area contributed by atoms with Gasteiger partial charge in [0.25, 0.3) is 0 Å². The lowest BCUT2D eigenvalue weighted by Crippen LogP contribution is -1.83. The molecule has 1 N–H and O–H groups in total. The number of ether oxygens (including phenoxy) is 1. The van der Waals surface area contributed by atoms with Gasteiger partial charge in [-0.25, -0.2) is 0 Å². The third-order valence-electron chi connectivity index (χ3n) is 1.56. The summed E-state index contributed by atoms with van der Waals surface area (Å²) in [6, 6.07) is 5.29. The molecule has 0 aliphatic carbocycles. The van der Waals surface area contributed by atoms with Crippen molar-refractivity contribution in [2.75, 3.05) is 7.11 Å². The SMILES string of the molecule is C.C/C=C/c1ccc(OC)c(O)c1. The van der Waals surface area contributed by atoms with Gasteiger partial charge in [0.2, 0.25) is 0 Å². The average Bonchev–Trinajstić information content (AvgIpc) is 2.05.